The second-order valence-corrected chi connectivity index (χ2v) is 7.78. The summed E-state index contributed by atoms with van der Waals surface area (Å²) in [5.41, 5.74) is 1.23. The van der Waals surface area contributed by atoms with Crippen molar-refractivity contribution in [2.24, 2.45) is 7.05 Å². The van der Waals surface area contributed by atoms with Crippen LogP contribution in [0.5, 0.6) is 0 Å². The van der Waals surface area contributed by atoms with Crippen LogP contribution in [0.25, 0.3) is 11.0 Å². The van der Waals surface area contributed by atoms with E-state index in [1.165, 1.54) is 21.8 Å². The molecular formula is C16H18N6O4S. The normalized spacial score (nSPS) is 11.5. The first-order valence-corrected chi connectivity index (χ1v) is 9.82. The molecule has 0 aliphatic carbocycles. The molecule has 11 heteroatoms. The molecule has 2 N–H and O–H groups in total. The minimum absolute atomic E-state index is 0.183. The summed E-state index contributed by atoms with van der Waals surface area (Å²) in [6.45, 7) is 0.00732. The number of anilines is 1. The van der Waals surface area contributed by atoms with Crippen LogP contribution < -0.4 is 15.6 Å². The molecule has 3 rings (SSSR count). The maximum atomic E-state index is 12.4. The first kappa shape index (κ1) is 18.6. The number of hydrogen-bond donors (Lipinski definition) is 2. The van der Waals surface area contributed by atoms with E-state index in [2.05, 4.69) is 20.1 Å². The maximum absolute atomic E-state index is 12.4. The van der Waals surface area contributed by atoms with Crippen LogP contribution in [0, 0.1) is 0 Å². The molecule has 3 aromatic rings. The first-order valence-electron chi connectivity index (χ1n) is 7.93. The fourth-order valence-electron chi connectivity index (χ4n) is 2.55. The summed E-state index contributed by atoms with van der Waals surface area (Å²) in [4.78, 5) is 28.7. The molecule has 0 atom stereocenters. The molecule has 0 bridgehead atoms. The molecule has 0 aliphatic heterocycles. The summed E-state index contributed by atoms with van der Waals surface area (Å²) >= 11 is 0. The highest BCUT2D eigenvalue weighted by Crippen LogP contribution is 2.11. The van der Waals surface area contributed by atoms with Crippen molar-refractivity contribution in [3.8, 4) is 0 Å². The van der Waals surface area contributed by atoms with Crippen molar-refractivity contribution in [2.45, 2.75) is 13.1 Å². The summed E-state index contributed by atoms with van der Waals surface area (Å²) in [7, 11) is -1.70. The Morgan fingerprint density at radius 3 is 2.81 bits per heavy atom. The number of amides is 1. The third-order valence-electron chi connectivity index (χ3n) is 3.75. The largest absolute Gasteiger partial charge is 0.350 e. The lowest BCUT2D eigenvalue weighted by molar-refractivity contribution is -0.121. The highest BCUT2D eigenvalue weighted by molar-refractivity contribution is 7.92. The molecule has 0 radical (unpaired) electrons. The molecule has 0 unspecified atom stereocenters. The number of aryl methyl sites for hydroxylation is 1. The van der Waals surface area contributed by atoms with Crippen LogP contribution in [-0.2, 0) is 35.0 Å². The third kappa shape index (κ3) is 4.50. The van der Waals surface area contributed by atoms with E-state index in [0.29, 0.717) is 22.3 Å². The number of sulfonamides is 1. The van der Waals surface area contributed by atoms with E-state index in [1.807, 2.05) is 0 Å². The number of carbonyl (C=O) groups is 1. The van der Waals surface area contributed by atoms with Gasteiger partial charge in [0.2, 0.25) is 15.9 Å². The van der Waals surface area contributed by atoms with Gasteiger partial charge in [-0.05, 0) is 17.7 Å². The lowest BCUT2D eigenvalue weighted by Crippen LogP contribution is -2.32. The van der Waals surface area contributed by atoms with Crippen molar-refractivity contribution >= 4 is 32.7 Å². The van der Waals surface area contributed by atoms with Gasteiger partial charge in [0.15, 0.2) is 5.65 Å². The van der Waals surface area contributed by atoms with Crippen molar-refractivity contribution in [1.82, 2.24) is 24.6 Å². The van der Waals surface area contributed by atoms with Gasteiger partial charge in [-0.25, -0.2) is 13.4 Å². The molecule has 0 fully saturated rings. The molecule has 0 saturated heterocycles. The number of nitrogens with zero attached hydrogens (tertiary/aromatic N) is 4. The van der Waals surface area contributed by atoms with E-state index in [1.54, 1.807) is 31.3 Å². The van der Waals surface area contributed by atoms with Gasteiger partial charge in [0, 0.05) is 19.3 Å². The summed E-state index contributed by atoms with van der Waals surface area (Å²) in [5, 5.41) is 7.01. The number of nitrogens with one attached hydrogen (secondary N) is 2. The molecule has 142 valence electrons. The Labute approximate surface area is 154 Å². The van der Waals surface area contributed by atoms with E-state index in [-0.39, 0.29) is 24.6 Å². The van der Waals surface area contributed by atoms with Gasteiger partial charge in [-0.1, -0.05) is 12.1 Å². The maximum Gasteiger partial charge on any atom is 0.264 e. The van der Waals surface area contributed by atoms with Gasteiger partial charge in [-0.3, -0.25) is 23.6 Å². The van der Waals surface area contributed by atoms with E-state index in [0.717, 1.165) is 6.26 Å². The number of rotatable bonds is 6. The summed E-state index contributed by atoms with van der Waals surface area (Å²) in [6, 6.07) is 6.67. The van der Waals surface area contributed by atoms with Gasteiger partial charge in [-0.15, -0.1) is 0 Å². The molecular weight excluding hydrogens is 372 g/mol. The van der Waals surface area contributed by atoms with E-state index in [4.69, 9.17) is 0 Å². The highest BCUT2D eigenvalue weighted by Gasteiger charge is 2.11. The SMILES string of the molecule is Cn1ncc2c(=O)n(CC(=O)NCc3cccc(NS(C)(=O)=O)c3)cnc21. The van der Waals surface area contributed by atoms with E-state index < -0.39 is 10.0 Å². The van der Waals surface area contributed by atoms with Crippen molar-refractivity contribution < 1.29 is 13.2 Å². The van der Waals surface area contributed by atoms with Crippen LogP contribution in [0.3, 0.4) is 0 Å². The molecule has 27 heavy (non-hydrogen) atoms. The van der Waals surface area contributed by atoms with Gasteiger partial charge in [0.1, 0.15) is 18.3 Å². The number of fused-ring (bicyclic) bond motifs is 1. The summed E-state index contributed by atoms with van der Waals surface area (Å²) in [5.74, 6) is -0.372. The highest BCUT2D eigenvalue weighted by atomic mass is 32.2. The quantitative estimate of drug-likeness (QED) is 0.601. The zero-order chi connectivity index (χ0) is 19.6. The minimum Gasteiger partial charge on any atom is -0.350 e. The monoisotopic (exact) mass is 390 g/mol. The van der Waals surface area contributed by atoms with Crippen LogP contribution in [0.1, 0.15) is 5.56 Å². The summed E-state index contributed by atoms with van der Waals surface area (Å²) in [6.07, 6.45) is 3.79. The van der Waals surface area contributed by atoms with Crippen LogP contribution in [0.4, 0.5) is 5.69 Å². The zero-order valence-electron chi connectivity index (χ0n) is 14.7. The standard InChI is InChI=1S/C16H18N6O4S/c1-21-15-13(8-19-21)16(24)22(10-18-15)9-14(23)17-7-11-4-3-5-12(6-11)20-27(2,25)26/h3-6,8,10,20H,7,9H2,1-2H3,(H,17,23). The van der Waals surface area contributed by atoms with Crippen molar-refractivity contribution in [2.75, 3.05) is 11.0 Å². The number of benzene rings is 1. The molecule has 0 saturated carbocycles. The van der Waals surface area contributed by atoms with Gasteiger partial charge in [0.25, 0.3) is 5.56 Å². The van der Waals surface area contributed by atoms with Crippen LogP contribution in [0.15, 0.2) is 41.6 Å². The molecule has 0 spiro atoms. The Hall–Kier alpha value is -3.21. The Morgan fingerprint density at radius 1 is 1.30 bits per heavy atom. The number of hydrogen-bond acceptors (Lipinski definition) is 6. The Bertz CT molecular complexity index is 1170. The topological polar surface area (TPSA) is 128 Å². The number of aromatic nitrogens is 4. The van der Waals surface area contributed by atoms with Crippen molar-refractivity contribution in [1.29, 1.82) is 0 Å². The molecule has 2 heterocycles. The molecule has 0 aliphatic rings. The Kier molecular flexibility index (Phi) is 4.95. The average molecular weight is 390 g/mol. The predicted molar refractivity (Wildman–Crippen MR) is 99.5 cm³/mol. The minimum atomic E-state index is -3.38. The van der Waals surface area contributed by atoms with E-state index in [9.17, 15) is 18.0 Å². The average Bonchev–Trinajstić information content (AvgIpc) is 2.96. The van der Waals surface area contributed by atoms with Crippen LogP contribution in [-0.4, -0.2) is 39.9 Å². The first-order chi connectivity index (χ1) is 12.7. The fourth-order valence-corrected chi connectivity index (χ4v) is 3.10. The van der Waals surface area contributed by atoms with Gasteiger partial charge < -0.3 is 5.32 Å². The van der Waals surface area contributed by atoms with Crippen LogP contribution in [0.2, 0.25) is 0 Å². The van der Waals surface area contributed by atoms with Gasteiger partial charge >= 0.3 is 0 Å². The molecule has 2 aromatic heterocycles. The fraction of sp³-hybridized carbons (Fsp3) is 0.250. The molecule has 10 nitrogen and oxygen atoms in total. The number of carbonyl (C=O) groups excluding carboxylic acids is 1. The third-order valence-corrected chi connectivity index (χ3v) is 4.36. The lowest BCUT2D eigenvalue weighted by atomic mass is 10.2. The zero-order valence-corrected chi connectivity index (χ0v) is 15.5. The Morgan fingerprint density at radius 2 is 2.07 bits per heavy atom. The smallest absolute Gasteiger partial charge is 0.264 e. The lowest BCUT2D eigenvalue weighted by Gasteiger charge is -2.09. The van der Waals surface area contributed by atoms with E-state index >= 15 is 0 Å². The molecule has 1 amide bonds. The Balaban J connectivity index is 1.66. The van der Waals surface area contributed by atoms with Crippen molar-refractivity contribution in [3.05, 3.63) is 52.7 Å². The second kappa shape index (κ2) is 7.19. The predicted octanol–water partition coefficient (Wildman–Crippen LogP) is -0.182. The van der Waals surface area contributed by atoms with Gasteiger partial charge in [-0.2, -0.15) is 5.10 Å². The second-order valence-electron chi connectivity index (χ2n) is 6.03. The van der Waals surface area contributed by atoms with Crippen LogP contribution >= 0.6 is 0 Å². The molecule has 1 aromatic carbocycles. The summed E-state index contributed by atoms with van der Waals surface area (Å²) < 4.78 is 27.6. The van der Waals surface area contributed by atoms with Crippen molar-refractivity contribution in [3.63, 3.8) is 0 Å². The van der Waals surface area contributed by atoms with Gasteiger partial charge in [0.05, 0.1) is 12.5 Å².